The van der Waals surface area contributed by atoms with Crippen LogP contribution in [0.15, 0.2) is 46.6 Å². The van der Waals surface area contributed by atoms with E-state index in [9.17, 15) is 14.7 Å². The van der Waals surface area contributed by atoms with Crippen molar-refractivity contribution in [1.29, 1.82) is 0 Å². The summed E-state index contributed by atoms with van der Waals surface area (Å²) >= 11 is 6.31. The Morgan fingerprint density at radius 3 is 2.28 bits per heavy atom. The monoisotopic (exact) mass is 653 g/mol. The number of nitrogens with one attached hydrogen (secondary N) is 1. The van der Waals surface area contributed by atoms with Crippen molar-refractivity contribution in [2.24, 2.45) is 22.0 Å². The van der Waals surface area contributed by atoms with Gasteiger partial charge >= 0.3 is 5.97 Å². The molecule has 2 aliphatic rings. The molecule has 0 radical (unpaired) electrons. The van der Waals surface area contributed by atoms with Crippen LogP contribution in [0.1, 0.15) is 126 Å². The number of alkyl halides is 1. The highest BCUT2D eigenvalue weighted by Crippen LogP contribution is 2.49. The van der Waals surface area contributed by atoms with Gasteiger partial charge in [0.25, 0.3) is 0 Å². The molecule has 1 unspecified atom stereocenters. The summed E-state index contributed by atoms with van der Waals surface area (Å²) in [7, 11) is 0. The van der Waals surface area contributed by atoms with E-state index in [0.29, 0.717) is 42.3 Å². The lowest BCUT2D eigenvalue weighted by Crippen LogP contribution is -2.50. The number of hydrogen-bond acceptors (Lipinski definition) is 6. The highest BCUT2D eigenvalue weighted by molar-refractivity contribution is 6.22. The van der Waals surface area contributed by atoms with Gasteiger partial charge in [-0.05, 0) is 81.0 Å². The first kappa shape index (κ1) is 39.1. The van der Waals surface area contributed by atoms with Gasteiger partial charge in [-0.3, -0.25) is 9.59 Å². The van der Waals surface area contributed by atoms with Crippen molar-refractivity contribution in [3.8, 4) is 5.75 Å². The number of halogens is 1. The standard InChI is InChI=1S/C19H27NO4.C17H23ClN2.C2H6/c1-3-14-15(17(21)4-2)8-12(9-18(14)22)11-20-16(10-19(23)24)13-6-5-7-13;1-5-19-20-16(12(2)3)17(10-15(18)11-17)14-8-6-7-13(4)9-14;1-2/h8-9,13,16,20,22H,3-7,10-11H2,1-2H3,(H,23,24);5-9,12,15H,10-11H2,1-4H3;1-2H3/b;19-5-,20-16+;. The zero-order chi connectivity index (χ0) is 34.4. The Kier molecular flexibility index (Phi) is 16.1. The highest BCUT2D eigenvalue weighted by atomic mass is 35.5. The molecule has 254 valence electrons. The summed E-state index contributed by atoms with van der Waals surface area (Å²) in [5, 5.41) is 31.5. The number of hydrogen-bond donors (Lipinski definition) is 3. The minimum Gasteiger partial charge on any atom is -0.508 e. The fraction of sp³-hybridized carbons (Fsp3) is 0.579. The van der Waals surface area contributed by atoms with Crippen molar-refractivity contribution in [2.75, 3.05) is 0 Å². The molecule has 0 saturated heterocycles. The molecular weight excluding hydrogens is 598 g/mol. The molecule has 0 aliphatic heterocycles. The first-order chi connectivity index (χ1) is 21.9. The van der Waals surface area contributed by atoms with Gasteiger partial charge in [0, 0.05) is 47.1 Å². The van der Waals surface area contributed by atoms with Gasteiger partial charge in [-0.2, -0.15) is 10.2 Å². The van der Waals surface area contributed by atoms with Crippen LogP contribution in [0, 0.1) is 18.8 Å². The topological polar surface area (TPSA) is 111 Å². The quantitative estimate of drug-likeness (QED) is 0.0864. The van der Waals surface area contributed by atoms with Gasteiger partial charge < -0.3 is 15.5 Å². The molecule has 0 aromatic heterocycles. The molecule has 2 saturated carbocycles. The first-order valence-corrected chi connectivity index (χ1v) is 17.5. The first-order valence-electron chi connectivity index (χ1n) is 17.1. The maximum atomic E-state index is 12.1. The van der Waals surface area contributed by atoms with E-state index in [0.717, 1.165) is 43.4 Å². The van der Waals surface area contributed by atoms with Crippen LogP contribution in [0.3, 0.4) is 0 Å². The number of nitrogens with zero attached hydrogens (tertiary/aromatic N) is 2. The molecule has 2 fully saturated rings. The summed E-state index contributed by atoms with van der Waals surface area (Å²) in [5.74, 6) is 0.132. The number of Topliss-reactive ketones (excluding diaryl/α,β-unsaturated/α-hetero) is 1. The number of aromatic hydroxyl groups is 1. The summed E-state index contributed by atoms with van der Waals surface area (Å²) in [6, 6.07) is 12.2. The molecule has 0 amide bonds. The summed E-state index contributed by atoms with van der Waals surface area (Å²) in [5.41, 5.74) is 5.81. The van der Waals surface area contributed by atoms with Gasteiger partial charge in [-0.15, -0.1) is 11.6 Å². The zero-order valence-corrected chi connectivity index (χ0v) is 30.0. The van der Waals surface area contributed by atoms with Crippen LogP contribution in [-0.4, -0.2) is 45.3 Å². The van der Waals surface area contributed by atoms with E-state index >= 15 is 0 Å². The molecule has 1 atom stereocenters. The van der Waals surface area contributed by atoms with Crippen LogP contribution in [-0.2, 0) is 23.2 Å². The van der Waals surface area contributed by atoms with Crippen LogP contribution in [0.5, 0.6) is 5.75 Å². The number of ketones is 1. The van der Waals surface area contributed by atoms with Gasteiger partial charge in [0.05, 0.1) is 12.1 Å². The third kappa shape index (κ3) is 10.2. The molecule has 0 heterocycles. The molecule has 2 aromatic carbocycles. The van der Waals surface area contributed by atoms with Crippen molar-refractivity contribution in [2.45, 2.75) is 130 Å². The normalized spacial score (nSPS) is 20.1. The number of carbonyl (C=O) groups is 2. The van der Waals surface area contributed by atoms with Gasteiger partial charge in [0.1, 0.15) is 5.75 Å². The van der Waals surface area contributed by atoms with Crippen molar-refractivity contribution in [3.63, 3.8) is 0 Å². The van der Waals surface area contributed by atoms with Crippen molar-refractivity contribution < 1.29 is 19.8 Å². The zero-order valence-electron chi connectivity index (χ0n) is 29.2. The van der Waals surface area contributed by atoms with Gasteiger partial charge in [-0.25, -0.2) is 0 Å². The predicted molar refractivity (Wildman–Crippen MR) is 192 cm³/mol. The third-order valence-electron chi connectivity index (χ3n) is 8.97. The Morgan fingerprint density at radius 2 is 1.80 bits per heavy atom. The maximum Gasteiger partial charge on any atom is 0.304 e. The van der Waals surface area contributed by atoms with Crippen LogP contribution in [0.4, 0.5) is 0 Å². The van der Waals surface area contributed by atoms with Crippen molar-refractivity contribution in [1.82, 2.24) is 5.32 Å². The second kappa shape index (κ2) is 19.0. The second-order valence-corrected chi connectivity index (χ2v) is 13.1. The summed E-state index contributed by atoms with van der Waals surface area (Å²) < 4.78 is 0. The number of aryl methyl sites for hydroxylation is 1. The number of carbonyl (C=O) groups excluding carboxylic acids is 1. The fourth-order valence-electron chi connectivity index (χ4n) is 6.43. The average Bonchev–Trinajstić information content (AvgIpc) is 2.98. The molecule has 7 nitrogen and oxygen atoms in total. The van der Waals surface area contributed by atoms with Gasteiger partial charge in [-0.1, -0.05) is 77.8 Å². The van der Waals surface area contributed by atoms with E-state index in [1.165, 1.54) is 11.1 Å². The molecule has 4 rings (SSSR count). The second-order valence-electron chi connectivity index (χ2n) is 12.5. The van der Waals surface area contributed by atoms with E-state index < -0.39 is 5.97 Å². The molecule has 8 heteroatoms. The van der Waals surface area contributed by atoms with Crippen molar-refractivity contribution >= 4 is 35.3 Å². The molecule has 0 bridgehead atoms. The van der Waals surface area contributed by atoms with Crippen molar-refractivity contribution in [3.05, 3.63) is 64.2 Å². The number of phenolic OH excluding ortho intramolecular Hbond substituents is 1. The SMILES string of the molecule is C/C=N\N=C(/C(C)C)C1(c2cccc(C)c2)CC(Cl)C1.CC.CCC(=O)c1cc(CNC(CC(=O)O)C2CCC2)cc(O)c1CC. The molecule has 3 N–H and O–H groups in total. The lowest BCUT2D eigenvalue weighted by Gasteiger charge is -2.47. The van der Waals surface area contributed by atoms with Crippen LogP contribution >= 0.6 is 11.6 Å². The summed E-state index contributed by atoms with van der Waals surface area (Å²) in [6.07, 6.45) is 8.02. The smallest absolute Gasteiger partial charge is 0.304 e. The van der Waals surface area contributed by atoms with E-state index in [4.69, 9.17) is 16.7 Å². The Balaban J connectivity index is 0.000000308. The molecule has 2 aliphatic carbocycles. The minimum absolute atomic E-state index is 0.0186. The number of benzene rings is 2. The average molecular weight is 654 g/mol. The van der Waals surface area contributed by atoms with Crippen LogP contribution in [0.25, 0.3) is 0 Å². The predicted octanol–water partition coefficient (Wildman–Crippen LogP) is 9.04. The molecule has 2 aromatic rings. The minimum atomic E-state index is -0.801. The van der Waals surface area contributed by atoms with Gasteiger partial charge in [0.2, 0.25) is 0 Å². The van der Waals surface area contributed by atoms with Crippen LogP contribution < -0.4 is 5.32 Å². The summed E-state index contributed by atoms with van der Waals surface area (Å²) in [6.45, 7) is 16.6. The van der Waals surface area contributed by atoms with E-state index in [2.05, 4.69) is 60.6 Å². The van der Waals surface area contributed by atoms with Crippen LogP contribution in [0.2, 0.25) is 0 Å². The van der Waals surface area contributed by atoms with E-state index in [-0.39, 0.29) is 34.8 Å². The largest absolute Gasteiger partial charge is 0.508 e. The van der Waals surface area contributed by atoms with E-state index in [1.54, 1.807) is 12.3 Å². The van der Waals surface area contributed by atoms with Gasteiger partial charge in [0.15, 0.2) is 5.78 Å². The molecule has 0 spiro atoms. The van der Waals surface area contributed by atoms with E-state index in [1.807, 2.05) is 40.7 Å². The lowest BCUT2D eigenvalue weighted by molar-refractivity contribution is -0.138. The Hall–Kier alpha value is -3.03. The number of aliphatic carboxylic acids is 1. The number of carboxylic acid groups (broad SMARTS) is 1. The number of carboxylic acids is 1. The number of phenols is 1. The maximum absolute atomic E-state index is 12.1. The third-order valence-corrected chi connectivity index (χ3v) is 9.28. The fourth-order valence-corrected chi connectivity index (χ4v) is 6.95. The Labute approximate surface area is 282 Å². The summed E-state index contributed by atoms with van der Waals surface area (Å²) in [4.78, 5) is 23.2. The Bertz CT molecular complexity index is 1340. The number of rotatable bonds is 13. The highest BCUT2D eigenvalue weighted by Gasteiger charge is 2.49. The molecular formula is C38H56ClN3O4. The molecule has 46 heavy (non-hydrogen) atoms. The Morgan fingerprint density at radius 1 is 1.13 bits per heavy atom. The lowest BCUT2D eigenvalue weighted by atomic mass is 9.59.